The van der Waals surface area contributed by atoms with Crippen LogP contribution in [0.1, 0.15) is 18.5 Å². The van der Waals surface area contributed by atoms with E-state index in [0.29, 0.717) is 5.71 Å². The smallest absolute Gasteiger partial charge is 0.361 e. The summed E-state index contributed by atoms with van der Waals surface area (Å²) in [6.07, 6.45) is 0. The maximum atomic E-state index is 11.9. The molecule has 1 atom stereocenters. The van der Waals surface area contributed by atoms with Crippen molar-refractivity contribution in [3.8, 4) is 0 Å². The first-order valence-electron chi connectivity index (χ1n) is 7.42. The first kappa shape index (κ1) is 15.0. The van der Waals surface area contributed by atoms with Crippen LogP contribution in [0.15, 0.2) is 70.8 Å². The summed E-state index contributed by atoms with van der Waals surface area (Å²) in [5.74, 6) is -0.451. The zero-order valence-corrected chi connectivity index (χ0v) is 12.8. The summed E-state index contributed by atoms with van der Waals surface area (Å²) < 4.78 is 5.06. The van der Waals surface area contributed by atoms with Crippen molar-refractivity contribution in [1.82, 2.24) is 0 Å². The number of rotatable bonds is 4. The fourth-order valence-electron chi connectivity index (χ4n) is 2.27. The highest BCUT2D eigenvalue weighted by atomic mass is 16.5. The minimum Gasteiger partial charge on any atom is -0.454 e. The molecule has 1 aliphatic rings. The molecule has 0 unspecified atom stereocenters. The van der Waals surface area contributed by atoms with E-state index in [1.54, 1.807) is 0 Å². The average molecular weight is 307 g/mol. The molecule has 1 heterocycles. The van der Waals surface area contributed by atoms with Gasteiger partial charge < -0.3 is 4.74 Å². The molecule has 5 nitrogen and oxygen atoms in total. The van der Waals surface area contributed by atoms with Crippen LogP contribution >= 0.6 is 0 Å². The van der Waals surface area contributed by atoms with Gasteiger partial charge >= 0.3 is 5.97 Å². The van der Waals surface area contributed by atoms with Crippen molar-refractivity contribution < 1.29 is 9.53 Å². The number of nitrogens with one attached hydrogen (secondary N) is 1. The number of anilines is 1. The molecular weight excluding hydrogens is 290 g/mol. The molecule has 0 bridgehead atoms. The number of carbonyl (C=O) groups excluding carboxylic acids is 1. The predicted octanol–water partition coefficient (Wildman–Crippen LogP) is 3.21. The van der Waals surface area contributed by atoms with E-state index in [1.807, 2.05) is 67.6 Å². The van der Waals surface area contributed by atoms with Crippen molar-refractivity contribution in [1.29, 1.82) is 0 Å². The molecule has 2 aromatic carbocycles. The van der Waals surface area contributed by atoms with E-state index in [2.05, 4.69) is 15.5 Å². The number of nitrogens with zero attached hydrogens (tertiary/aromatic N) is 2. The van der Waals surface area contributed by atoms with Crippen molar-refractivity contribution >= 4 is 23.1 Å². The Balaban J connectivity index is 1.80. The van der Waals surface area contributed by atoms with Crippen LogP contribution in [0.4, 0.5) is 5.69 Å². The number of benzene rings is 2. The van der Waals surface area contributed by atoms with Crippen molar-refractivity contribution in [3.05, 3.63) is 66.2 Å². The standard InChI is InChI=1S/C18H17N3O2/c1-13(14-8-4-2-5-9-14)19-16-12-23-18(22)17(16)21-20-15-10-6-3-7-11-15/h2-11,13,20H,12H2,1H3/t13-/m0/s1. The van der Waals surface area contributed by atoms with Gasteiger partial charge in [-0.05, 0) is 24.6 Å². The number of carbonyl (C=O) groups is 1. The molecule has 0 saturated carbocycles. The molecule has 0 radical (unpaired) electrons. The number of hydrogen-bond donors (Lipinski definition) is 1. The number of ether oxygens (including phenoxy) is 1. The largest absolute Gasteiger partial charge is 0.454 e. The summed E-state index contributed by atoms with van der Waals surface area (Å²) in [5.41, 5.74) is 5.54. The van der Waals surface area contributed by atoms with Gasteiger partial charge in [0, 0.05) is 0 Å². The van der Waals surface area contributed by atoms with E-state index in [4.69, 9.17) is 4.74 Å². The Hall–Kier alpha value is -2.95. The van der Waals surface area contributed by atoms with Gasteiger partial charge in [0.05, 0.1) is 11.7 Å². The third-order valence-electron chi connectivity index (χ3n) is 3.51. The molecule has 0 spiro atoms. The van der Waals surface area contributed by atoms with Gasteiger partial charge in [0.25, 0.3) is 0 Å². The lowest BCUT2D eigenvalue weighted by Gasteiger charge is -2.07. The number of cyclic esters (lactones) is 1. The highest BCUT2D eigenvalue weighted by Gasteiger charge is 2.29. The lowest BCUT2D eigenvalue weighted by atomic mass is 10.1. The number of para-hydroxylation sites is 1. The maximum Gasteiger partial charge on any atom is 0.361 e. The predicted molar refractivity (Wildman–Crippen MR) is 90.8 cm³/mol. The summed E-state index contributed by atoms with van der Waals surface area (Å²) in [4.78, 5) is 16.4. The third kappa shape index (κ3) is 3.63. The van der Waals surface area contributed by atoms with Crippen molar-refractivity contribution in [3.63, 3.8) is 0 Å². The van der Waals surface area contributed by atoms with E-state index in [1.165, 1.54) is 0 Å². The normalized spacial score (nSPS) is 18.9. The van der Waals surface area contributed by atoms with Crippen LogP contribution in [0.5, 0.6) is 0 Å². The van der Waals surface area contributed by atoms with Crippen LogP contribution in [0, 0.1) is 0 Å². The van der Waals surface area contributed by atoms with Gasteiger partial charge in [-0.1, -0.05) is 48.5 Å². The second-order valence-corrected chi connectivity index (χ2v) is 5.18. The van der Waals surface area contributed by atoms with Crippen LogP contribution in [0.3, 0.4) is 0 Å². The molecule has 2 aromatic rings. The molecular formula is C18H17N3O2. The third-order valence-corrected chi connectivity index (χ3v) is 3.51. The van der Waals surface area contributed by atoms with Gasteiger partial charge in [-0.2, -0.15) is 5.10 Å². The maximum absolute atomic E-state index is 11.9. The fourth-order valence-corrected chi connectivity index (χ4v) is 2.27. The molecule has 1 aliphatic heterocycles. The summed E-state index contributed by atoms with van der Waals surface area (Å²) in [5, 5.41) is 4.16. The summed E-state index contributed by atoms with van der Waals surface area (Å²) in [6, 6.07) is 19.3. The number of hydrazone groups is 1. The molecule has 23 heavy (non-hydrogen) atoms. The van der Waals surface area contributed by atoms with Gasteiger partial charge in [0.1, 0.15) is 12.3 Å². The Bertz CT molecular complexity index is 739. The Morgan fingerprint density at radius 3 is 2.39 bits per heavy atom. The molecule has 1 fully saturated rings. The number of hydrogen-bond acceptors (Lipinski definition) is 5. The Kier molecular flexibility index (Phi) is 4.47. The Morgan fingerprint density at radius 2 is 1.70 bits per heavy atom. The molecule has 0 amide bonds. The quantitative estimate of drug-likeness (QED) is 0.697. The van der Waals surface area contributed by atoms with E-state index < -0.39 is 5.97 Å². The van der Waals surface area contributed by atoms with Gasteiger partial charge in [0.15, 0.2) is 5.71 Å². The van der Waals surface area contributed by atoms with Crippen molar-refractivity contribution in [2.45, 2.75) is 13.0 Å². The van der Waals surface area contributed by atoms with E-state index in [-0.39, 0.29) is 18.4 Å². The summed E-state index contributed by atoms with van der Waals surface area (Å²) >= 11 is 0. The molecule has 5 heteroatoms. The van der Waals surface area contributed by atoms with Crippen LogP contribution in [0.25, 0.3) is 0 Å². The zero-order chi connectivity index (χ0) is 16.1. The zero-order valence-electron chi connectivity index (χ0n) is 12.8. The van der Waals surface area contributed by atoms with Gasteiger partial charge in [0.2, 0.25) is 0 Å². The molecule has 116 valence electrons. The number of esters is 1. The molecule has 1 saturated heterocycles. The average Bonchev–Trinajstić information content (AvgIpc) is 2.94. The summed E-state index contributed by atoms with van der Waals surface area (Å²) in [6.45, 7) is 2.14. The Morgan fingerprint density at radius 1 is 1.04 bits per heavy atom. The van der Waals surface area contributed by atoms with Gasteiger partial charge in [-0.25, -0.2) is 4.79 Å². The van der Waals surface area contributed by atoms with Crippen LogP contribution in [-0.4, -0.2) is 24.0 Å². The SMILES string of the molecule is C[C@H](N=C1COC(=O)C1=NNc1ccccc1)c1ccccc1. The lowest BCUT2D eigenvalue weighted by Crippen LogP contribution is -2.18. The first-order valence-corrected chi connectivity index (χ1v) is 7.42. The minimum atomic E-state index is -0.451. The van der Waals surface area contributed by atoms with Gasteiger partial charge in [-0.3, -0.25) is 10.4 Å². The van der Waals surface area contributed by atoms with Crippen molar-refractivity contribution in [2.75, 3.05) is 12.0 Å². The molecule has 1 N–H and O–H groups in total. The van der Waals surface area contributed by atoms with E-state index in [9.17, 15) is 4.79 Å². The molecule has 0 aliphatic carbocycles. The van der Waals surface area contributed by atoms with E-state index in [0.717, 1.165) is 11.3 Å². The highest BCUT2D eigenvalue weighted by Crippen LogP contribution is 2.18. The van der Waals surface area contributed by atoms with Crippen LogP contribution in [0.2, 0.25) is 0 Å². The summed E-state index contributed by atoms with van der Waals surface area (Å²) in [7, 11) is 0. The molecule has 3 rings (SSSR count). The second-order valence-electron chi connectivity index (χ2n) is 5.18. The van der Waals surface area contributed by atoms with Gasteiger partial charge in [-0.15, -0.1) is 0 Å². The first-order chi connectivity index (χ1) is 11.2. The highest BCUT2D eigenvalue weighted by molar-refractivity contribution is 6.68. The molecule has 0 aromatic heterocycles. The fraction of sp³-hybridized carbons (Fsp3) is 0.167. The Labute approximate surface area is 134 Å². The second kappa shape index (κ2) is 6.87. The topological polar surface area (TPSA) is 63.0 Å². The van der Waals surface area contributed by atoms with E-state index >= 15 is 0 Å². The minimum absolute atomic E-state index is 0.0670. The number of aliphatic imine (C=N–C) groups is 1. The van der Waals surface area contributed by atoms with Crippen LogP contribution in [-0.2, 0) is 9.53 Å². The lowest BCUT2D eigenvalue weighted by molar-refractivity contribution is -0.132. The van der Waals surface area contributed by atoms with Crippen molar-refractivity contribution in [2.24, 2.45) is 10.1 Å². The van der Waals surface area contributed by atoms with Crippen LogP contribution < -0.4 is 5.43 Å². The monoisotopic (exact) mass is 307 g/mol.